The maximum Gasteiger partial charge on any atom is 0.221 e. The first-order valence-corrected chi connectivity index (χ1v) is 10.3. The fraction of sp³-hybridized carbons (Fsp3) is 0.545. The molecule has 5 nitrogen and oxygen atoms in total. The van der Waals surface area contributed by atoms with Gasteiger partial charge in [-0.2, -0.15) is 0 Å². The number of hydrogen-bond donors (Lipinski definition) is 1. The average molecular weight is 367 g/mol. The fourth-order valence-electron chi connectivity index (χ4n) is 4.83. The summed E-state index contributed by atoms with van der Waals surface area (Å²) in [6, 6.07) is 9.83. The molecule has 5 heteroatoms. The summed E-state index contributed by atoms with van der Waals surface area (Å²) >= 11 is 0. The standard InChI is InChI=1S/C22H29N3O2/c26-21-10-14-25(20-9-2-1-7-18(20)21)15-11-22(27)23-16-17-6-5-13-24-12-4-3-8-19(17)24/h1-2,7,9-10,14,17,19H,3-6,8,11-13,15-16H2,(H,23,27)/t17-,19+/m0/s1. The minimum Gasteiger partial charge on any atom is -0.356 e. The van der Waals surface area contributed by atoms with Gasteiger partial charge in [0.05, 0.1) is 5.52 Å². The zero-order chi connectivity index (χ0) is 18.6. The Morgan fingerprint density at radius 3 is 2.85 bits per heavy atom. The summed E-state index contributed by atoms with van der Waals surface area (Å²) in [5.74, 6) is 0.696. The van der Waals surface area contributed by atoms with Gasteiger partial charge in [-0.25, -0.2) is 0 Å². The lowest BCUT2D eigenvalue weighted by atomic mass is 9.83. The number of rotatable bonds is 5. The van der Waals surface area contributed by atoms with Crippen LogP contribution in [0.15, 0.2) is 41.3 Å². The SMILES string of the molecule is O=C(CCn1ccc(=O)c2ccccc21)NC[C@@H]1CCCN2CCCC[C@H]12. The molecule has 1 amide bonds. The Hall–Kier alpha value is -2.14. The highest BCUT2D eigenvalue weighted by Crippen LogP contribution is 2.30. The molecule has 1 N–H and O–H groups in total. The van der Waals surface area contributed by atoms with Crippen molar-refractivity contribution < 1.29 is 4.79 Å². The lowest BCUT2D eigenvalue weighted by Crippen LogP contribution is -2.51. The van der Waals surface area contributed by atoms with E-state index in [9.17, 15) is 9.59 Å². The van der Waals surface area contributed by atoms with Crippen molar-refractivity contribution in [1.29, 1.82) is 0 Å². The predicted molar refractivity (Wildman–Crippen MR) is 108 cm³/mol. The number of fused-ring (bicyclic) bond motifs is 2. The Labute approximate surface area is 160 Å². The molecule has 2 aliphatic rings. The lowest BCUT2D eigenvalue weighted by Gasteiger charge is -2.44. The van der Waals surface area contributed by atoms with Gasteiger partial charge in [0.1, 0.15) is 0 Å². The first-order chi connectivity index (χ1) is 13.2. The van der Waals surface area contributed by atoms with Crippen molar-refractivity contribution in [3.63, 3.8) is 0 Å². The maximum atomic E-state index is 12.4. The number of pyridine rings is 1. The molecule has 4 rings (SSSR count). The van der Waals surface area contributed by atoms with Gasteiger partial charge in [0, 0.05) is 43.2 Å². The molecule has 0 bridgehead atoms. The molecule has 3 heterocycles. The maximum absolute atomic E-state index is 12.4. The van der Waals surface area contributed by atoms with E-state index in [0.717, 1.165) is 12.1 Å². The van der Waals surface area contributed by atoms with Crippen molar-refractivity contribution in [3.05, 3.63) is 46.8 Å². The van der Waals surface area contributed by atoms with Crippen LogP contribution in [-0.2, 0) is 11.3 Å². The van der Waals surface area contributed by atoms with E-state index in [1.165, 1.54) is 45.2 Å². The molecule has 1 aromatic heterocycles. The van der Waals surface area contributed by atoms with E-state index in [0.29, 0.717) is 30.3 Å². The molecular weight excluding hydrogens is 338 g/mol. The number of para-hydroxylation sites is 1. The van der Waals surface area contributed by atoms with Crippen LogP contribution in [0.2, 0.25) is 0 Å². The highest BCUT2D eigenvalue weighted by molar-refractivity contribution is 5.79. The predicted octanol–water partition coefficient (Wildman–Crippen LogP) is 2.77. The summed E-state index contributed by atoms with van der Waals surface area (Å²) in [6.07, 6.45) is 8.64. The monoisotopic (exact) mass is 367 g/mol. The Kier molecular flexibility index (Phi) is 5.58. The van der Waals surface area contributed by atoms with Crippen LogP contribution in [0, 0.1) is 5.92 Å². The molecule has 0 spiro atoms. The number of carbonyl (C=O) groups excluding carboxylic acids is 1. The number of benzene rings is 1. The van der Waals surface area contributed by atoms with E-state index in [1.54, 1.807) is 12.3 Å². The number of aromatic nitrogens is 1. The third kappa shape index (κ3) is 4.08. The molecule has 0 unspecified atom stereocenters. The Morgan fingerprint density at radius 2 is 1.93 bits per heavy atom. The molecule has 2 atom stereocenters. The van der Waals surface area contributed by atoms with Crippen LogP contribution < -0.4 is 10.7 Å². The van der Waals surface area contributed by atoms with Crippen molar-refractivity contribution in [2.45, 2.75) is 51.1 Å². The number of nitrogens with one attached hydrogen (secondary N) is 1. The molecule has 2 saturated heterocycles. The van der Waals surface area contributed by atoms with Gasteiger partial charge < -0.3 is 14.8 Å². The molecule has 2 aliphatic heterocycles. The highest BCUT2D eigenvalue weighted by Gasteiger charge is 2.32. The zero-order valence-electron chi connectivity index (χ0n) is 15.9. The van der Waals surface area contributed by atoms with Crippen LogP contribution in [-0.4, -0.2) is 41.1 Å². The average Bonchev–Trinajstić information content (AvgIpc) is 2.72. The van der Waals surface area contributed by atoms with E-state index in [4.69, 9.17) is 0 Å². The molecule has 2 fully saturated rings. The molecule has 27 heavy (non-hydrogen) atoms. The molecule has 0 radical (unpaired) electrons. The minimum atomic E-state index is 0.0284. The van der Waals surface area contributed by atoms with Crippen LogP contribution in [0.3, 0.4) is 0 Å². The smallest absolute Gasteiger partial charge is 0.221 e. The first kappa shape index (κ1) is 18.2. The Bertz CT molecular complexity index is 858. The van der Waals surface area contributed by atoms with Crippen molar-refractivity contribution in [2.75, 3.05) is 19.6 Å². The van der Waals surface area contributed by atoms with Crippen LogP contribution >= 0.6 is 0 Å². The summed E-state index contributed by atoms with van der Waals surface area (Å²) in [6.45, 7) is 3.85. The Balaban J connectivity index is 1.33. The number of amides is 1. The van der Waals surface area contributed by atoms with Crippen molar-refractivity contribution in [2.24, 2.45) is 5.92 Å². The van der Waals surface area contributed by atoms with Gasteiger partial charge in [-0.15, -0.1) is 0 Å². The van der Waals surface area contributed by atoms with Crippen LogP contribution in [0.4, 0.5) is 0 Å². The van der Waals surface area contributed by atoms with Crippen molar-refractivity contribution in [1.82, 2.24) is 14.8 Å². The lowest BCUT2D eigenvalue weighted by molar-refractivity contribution is -0.121. The fourth-order valence-corrected chi connectivity index (χ4v) is 4.83. The van der Waals surface area contributed by atoms with E-state index >= 15 is 0 Å². The quantitative estimate of drug-likeness (QED) is 0.884. The summed E-state index contributed by atoms with van der Waals surface area (Å²) in [5.41, 5.74) is 0.920. The van der Waals surface area contributed by atoms with Crippen molar-refractivity contribution in [3.8, 4) is 0 Å². The molecular formula is C22H29N3O2. The summed E-state index contributed by atoms with van der Waals surface area (Å²) in [5, 5.41) is 3.88. The molecule has 2 aromatic rings. The molecule has 1 aromatic carbocycles. The number of carbonyl (C=O) groups is 1. The summed E-state index contributed by atoms with van der Waals surface area (Å²) < 4.78 is 2.00. The van der Waals surface area contributed by atoms with E-state index in [2.05, 4.69) is 10.2 Å². The van der Waals surface area contributed by atoms with Gasteiger partial charge in [-0.1, -0.05) is 18.6 Å². The Morgan fingerprint density at radius 1 is 1.07 bits per heavy atom. The van der Waals surface area contributed by atoms with Gasteiger partial charge in [-0.05, 0) is 56.8 Å². The van der Waals surface area contributed by atoms with Crippen LogP contribution in [0.5, 0.6) is 0 Å². The van der Waals surface area contributed by atoms with E-state index in [1.807, 2.05) is 28.8 Å². The number of piperidine rings is 2. The number of aryl methyl sites for hydroxylation is 1. The van der Waals surface area contributed by atoms with Gasteiger partial charge in [0.25, 0.3) is 0 Å². The van der Waals surface area contributed by atoms with Gasteiger partial charge in [-0.3, -0.25) is 9.59 Å². The second kappa shape index (κ2) is 8.26. The van der Waals surface area contributed by atoms with Crippen molar-refractivity contribution >= 4 is 16.8 Å². The van der Waals surface area contributed by atoms with Gasteiger partial charge >= 0.3 is 0 Å². The first-order valence-electron chi connectivity index (χ1n) is 10.3. The molecule has 0 saturated carbocycles. The highest BCUT2D eigenvalue weighted by atomic mass is 16.1. The zero-order valence-corrected chi connectivity index (χ0v) is 15.9. The normalized spacial score (nSPS) is 23.1. The van der Waals surface area contributed by atoms with E-state index < -0.39 is 0 Å². The molecule has 0 aliphatic carbocycles. The second-order valence-electron chi connectivity index (χ2n) is 7.95. The van der Waals surface area contributed by atoms with Gasteiger partial charge in [0.15, 0.2) is 5.43 Å². The third-order valence-corrected chi connectivity index (χ3v) is 6.25. The summed E-state index contributed by atoms with van der Waals surface area (Å²) in [7, 11) is 0. The van der Waals surface area contributed by atoms with Crippen LogP contribution in [0.25, 0.3) is 10.9 Å². The second-order valence-corrected chi connectivity index (χ2v) is 7.95. The van der Waals surface area contributed by atoms with Crippen LogP contribution in [0.1, 0.15) is 38.5 Å². The number of hydrogen-bond acceptors (Lipinski definition) is 3. The third-order valence-electron chi connectivity index (χ3n) is 6.25. The van der Waals surface area contributed by atoms with E-state index in [-0.39, 0.29) is 11.3 Å². The number of nitrogens with zero attached hydrogens (tertiary/aromatic N) is 2. The minimum absolute atomic E-state index is 0.0284. The largest absolute Gasteiger partial charge is 0.356 e. The molecule has 144 valence electrons. The topological polar surface area (TPSA) is 54.3 Å². The summed E-state index contributed by atoms with van der Waals surface area (Å²) in [4.78, 5) is 27.0. The van der Waals surface area contributed by atoms with Gasteiger partial charge in [0.2, 0.25) is 5.91 Å².